The second-order valence-electron chi connectivity index (χ2n) is 4.96. The van der Waals surface area contributed by atoms with Crippen LogP contribution in [0.5, 0.6) is 0 Å². The van der Waals surface area contributed by atoms with Crippen LogP contribution in [0.25, 0.3) is 0 Å². The average molecular weight is 298 g/mol. The number of pyridine rings is 1. The number of aromatic nitrogens is 1. The number of hydrogen-bond acceptors (Lipinski definition) is 6. The summed E-state index contributed by atoms with van der Waals surface area (Å²) in [4.78, 5) is 17.6. The molecular weight excluding hydrogens is 280 g/mol. The zero-order valence-electron chi connectivity index (χ0n) is 11.6. The maximum absolute atomic E-state index is 11.5. The Morgan fingerprint density at radius 1 is 1.50 bits per heavy atom. The van der Waals surface area contributed by atoms with Crippen LogP contribution >= 0.6 is 0 Å². The standard InChI is InChI=1S/C13H18N2O4S/c1-10-9-20(17,18)6-5-15(10)8-12-4-3-11(7-14-12)13(16)19-2/h3-4,7,10H,5-6,8-9H2,1-2H3. The van der Waals surface area contributed by atoms with Gasteiger partial charge in [-0.1, -0.05) is 0 Å². The minimum absolute atomic E-state index is 0.0177. The molecule has 110 valence electrons. The number of carbonyl (C=O) groups is 1. The fourth-order valence-electron chi connectivity index (χ4n) is 2.23. The van der Waals surface area contributed by atoms with Gasteiger partial charge in [0.05, 0.1) is 29.9 Å². The van der Waals surface area contributed by atoms with Gasteiger partial charge in [-0.15, -0.1) is 0 Å². The van der Waals surface area contributed by atoms with Gasteiger partial charge in [0.2, 0.25) is 0 Å². The Labute approximate surface area is 118 Å². The maximum atomic E-state index is 11.5. The Balaban J connectivity index is 2.02. The monoisotopic (exact) mass is 298 g/mol. The van der Waals surface area contributed by atoms with E-state index in [1.165, 1.54) is 13.3 Å². The number of carbonyl (C=O) groups excluding carboxylic acids is 1. The lowest BCUT2D eigenvalue weighted by Gasteiger charge is -2.32. The minimum Gasteiger partial charge on any atom is -0.465 e. The first-order valence-corrected chi connectivity index (χ1v) is 8.21. The molecule has 1 aromatic heterocycles. The minimum atomic E-state index is -2.90. The summed E-state index contributed by atoms with van der Waals surface area (Å²) in [6.45, 7) is 3.00. The third-order valence-electron chi connectivity index (χ3n) is 3.42. The van der Waals surface area contributed by atoms with Crippen molar-refractivity contribution in [2.75, 3.05) is 25.2 Å². The average Bonchev–Trinajstić information content (AvgIpc) is 2.41. The Morgan fingerprint density at radius 2 is 2.25 bits per heavy atom. The highest BCUT2D eigenvalue weighted by Gasteiger charge is 2.28. The van der Waals surface area contributed by atoms with Gasteiger partial charge in [-0.05, 0) is 19.1 Å². The van der Waals surface area contributed by atoms with Gasteiger partial charge in [0.25, 0.3) is 0 Å². The lowest BCUT2D eigenvalue weighted by atomic mass is 10.2. The highest BCUT2D eigenvalue weighted by Crippen LogP contribution is 2.14. The molecule has 0 bridgehead atoms. The van der Waals surface area contributed by atoms with Crippen molar-refractivity contribution >= 4 is 15.8 Å². The first kappa shape index (κ1) is 14.9. The topological polar surface area (TPSA) is 76.6 Å². The molecule has 1 aliphatic heterocycles. The van der Waals surface area contributed by atoms with Crippen molar-refractivity contribution in [3.05, 3.63) is 29.6 Å². The van der Waals surface area contributed by atoms with Gasteiger partial charge in [0.1, 0.15) is 0 Å². The van der Waals surface area contributed by atoms with Crippen molar-refractivity contribution in [1.82, 2.24) is 9.88 Å². The van der Waals surface area contributed by atoms with E-state index >= 15 is 0 Å². The third kappa shape index (κ3) is 3.55. The van der Waals surface area contributed by atoms with E-state index in [0.29, 0.717) is 18.7 Å². The zero-order valence-corrected chi connectivity index (χ0v) is 12.4. The van der Waals surface area contributed by atoms with E-state index in [-0.39, 0.29) is 17.5 Å². The molecule has 0 spiro atoms. The molecule has 1 atom stereocenters. The van der Waals surface area contributed by atoms with Crippen LogP contribution in [0.2, 0.25) is 0 Å². The molecule has 6 nitrogen and oxygen atoms in total. The largest absolute Gasteiger partial charge is 0.465 e. The Morgan fingerprint density at radius 3 is 2.80 bits per heavy atom. The van der Waals surface area contributed by atoms with Crippen molar-refractivity contribution in [2.24, 2.45) is 0 Å². The molecule has 2 rings (SSSR count). The Kier molecular flexibility index (Phi) is 4.39. The van der Waals surface area contributed by atoms with Crippen LogP contribution < -0.4 is 0 Å². The van der Waals surface area contributed by atoms with Crippen molar-refractivity contribution in [3.8, 4) is 0 Å². The summed E-state index contributed by atoms with van der Waals surface area (Å²) >= 11 is 0. The van der Waals surface area contributed by atoms with Crippen molar-refractivity contribution < 1.29 is 17.9 Å². The van der Waals surface area contributed by atoms with E-state index < -0.39 is 15.8 Å². The molecule has 0 amide bonds. The Hall–Kier alpha value is -1.47. The van der Waals surface area contributed by atoms with Crippen LogP contribution in [0, 0.1) is 0 Å². The molecule has 1 aliphatic rings. The van der Waals surface area contributed by atoms with E-state index in [1.807, 2.05) is 6.92 Å². The van der Waals surface area contributed by atoms with E-state index in [2.05, 4.69) is 14.6 Å². The zero-order chi connectivity index (χ0) is 14.8. The predicted octanol–water partition coefficient (Wildman–Crippen LogP) is 0.487. The molecule has 0 N–H and O–H groups in total. The smallest absolute Gasteiger partial charge is 0.339 e. The molecule has 0 radical (unpaired) electrons. The molecule has 1 saturated heterocycles. The van der Waals surface area contributed by atoms with E-state index in [0.717, 1.165) is 5.69 Å². The summed E-state index contributed by atoms with van der Waals surface area (Å²) in [5.41, 5.74) is 1.22. The lowest BCUT2D eigenvalue weighted by Crippen LogP contribution is -2.46. The number of hydrogen-bond donors (Lipinski definition) is 0. The summed E-state index contributed by atoms with van der Waals surface area (Å²) in [6, 6.07) is 3.41. The lowest BCUT2D eigenvalue weighted by molar-refractivity contribution is 0.0600. The van der Waals surface area contributed by atoms with E-state index in [4.69, 9.17) is 0 Å². The summed E-state index contributed by atoms with van der Waals surface area (Å²) < 4.78 is 27.6. The molecule has 0 aromatic carbocycles. The number of methoxy groups -OCH3 is 1. The van der Waals surface area contributed by atoms with Gasteiger partial charge in [-0.3, -0.25) is 9.88 Å². The first-order valence-electron chi connectivity index (χ1n) is 6.39. The van der Waals surface area contributed by atoms with E-state index in [9.17, 15) is 13.2 Å². The molecule has 0 saturated carbocycles. The third-order valence-corrected chi connectivity index (χ3v) is 5.21. The van der Waals surface area contributed by atoms with Crippen molar-refractivity contribution in [1.29, 1.82) is 0 Å². The summed E-state index contributed by atoms with van der Waals surface area (Å²) in [7, 11) is -1.58. The van der Waals surface area contributed by atoms with Crippen molar-refractivity contribution in [2.45, 2.75) is 19.5 Å². The van der Waals surface area contributed by atoms with Gasteiger partial charge in [0, 0.05) is 25.3 Å². The van der Waals surface area contributed by atoms with E-state index in [1.54, 1.807) is 12.1 Å². The molecule has 7 heteroatoms. The molecule has 0 aliphatic carbocycles. The quantitative estimate of drug-likeness (QED) is 0.756. The number of nitrogens with zero attached hydrogens (tertiary/aromatic N) is 2. The number of esters is 1. The van der Waals surface area contributed by atoms with Gasteiger partial charge >= 0.3 is 5.97 Å². The second-order valence-corrected chi connectivity index (χ2v) is 7.19. The Bertz CT molecular complexity index is 583. The normalized spacial score (nSPS) is 22.4. The van der Waals surface area contributed by atoms with Gasteiger partial charge in [-0.2, -0.15) is 0 Å². The highest BCUT2D eigenvalue weighted by molar-refractivity contribution is 7.91. The van der Waals surface area contributed by atoms with Crippen LogP contribution in [0.15, 0.2) is 18.3 Å². The van der Waals surface area contributed by atoms with Gasteiger partial charge in [0.15, 0.2) is 9.84 Å². The summed E-state index contributed by atoms with van der Waals surface area (Å²) in [6.07, 6.45) is 1.48. The molecular formula is C13H18N2O4S. The fraction of sp³-hybridized carbons (Fsp3) is 0.538. The highest BCUT2D eigenvalue weighted by atomic mass is 32.2. The van der Waals surface area contributed by atoms with Gasteiger partial charge < -0.3 is 4.74 Å². The van der Waals surface area contributed by atoms with Crippen LogP contribution in [0.4, 0.5) is 0 Å². The van der Waals surface area contributed by atoms with Crippen LogP contribution in [0.3, 0.4) is 0 Å². The summed E-state index contributed by atoms with van der Waals surface area (Å²) in [5.74, 6) is -0.0355. The summed E-state index contributed by atoms with van der Waals surface area (Å²) in [5, 5.41) is 0. The van der Waals surface area contributed by atoms with Crippen LogP contribution in [0.1, 0.15) is 23.0 Å². The first-order chi connectivity index (χ1) is 9.41. The molecule has 2 heterocycles. The fourth-order valence-corrected chi connectivity index (χ4v) is 3.86. The maximum Gasteiger partial charge on any atom is 0.339 e. The van der Waals surface area contributed by atoms with Crippen LogP contribution in [-0.2, 0) is 21.1 Å². The second kappa shape index (κ2) is 5.88. The molecule has 1 aromatic rings. The molecule has 20 heavy (non-hydrogen) atoms. The molecule has 1 fully saturated rings. The van der Waals surface area contributed by atoms with Gasteiger partial charge in [-0.25, -0.2) is 13.2 Å². The predicted molar refractivity (Wildman–Crippen MR) is 74.1 cm³/mol. The van der Waals surface area contributed by atoms with Crippen molar-refractivity contribution in [3.63, 3.8) is 0 Å². The number of sulfone groups is 1. The van der Waals surface area contributed by atoms with Crippen LogP contribution in [-0.4, -0.2) is 55.5 Å². The molecule has 1 unspecified atom stereocenters. The number of ether oxygens (including phenoxy) is 1. The number of rotatable bonds is 3. The SMILES string of the molecule is COC(=O)c1ccc(CN2CCS(=O)(=O)CC2C)nc1.